The standard InChI is InChI=1S/C18H30N2O4S2/c1-4-6-15-25(21,22)19-11-13-20(14-12-19)26(23,24)18-9-7-17(8-10-18)16(3)5-2/h7-10,16H,4-6,11-15H2,1-3H3. The first-order chi connectivity index (χ1) is 12.2. The van der Waals surface area contributed by atoms with Crippen LogP contribution >= 0.6 is 0 Å². The Hall–Kier alpha value is -0.960. The average Bonchev–Trinajstić information content (AvgIpc) is 2.66. The van der Waals surface area contributed by atoms with Crippen molar-refractivity contribution in [2.24, 2.45) is 0 Å². The predicted molar refractivity (Wildman–Crippen MR) is 104 cm³/mol. The number of rotatable bonds is 8. The van der Waals surface area contributed by atoms with Gasteiger partial charge in [-0.2, -0.15) is 8.61 Å². The van der Waals surface area contributed by atoms with Crippen molar-refractivity contribution in [3.05, 3.63) is 29.8 Å². The quantitative estimate of drug-likeness (QED) is 0.670. The molecule has 1 aromatic carbocycles. The Bertz CT molecular complexity index is 781. The van der Waals surface area contributed by atoms with Crippen LogP contribution in [0.2, 0.25) is 0 Å². The predicted octanol–water partition coefficient (Wildman–Crippen LogP) is 2.64. The molecule has 0 aromatic heterocycles. The minimum Gasteiger partial charge on any atom is -0.212 e. The second kappa shape index (κ2) is 8.82. The molecule has 1 fully saturated rings. The summed E-state index contributed by atoms with van der Waals surface area (Å²) < 4.78 is 53.0. The molecule has 148 valence electrons. The van der Waals surface area contributed by atoms with Crippen molar-refractivity contribution in [2.75, 3.05) is 31.9 Å². The Kier molecular flexibility index (Phi) is 7.24. The van der Waals surface area contributed by atoms with Crippen molar-refractivity contribution in [3.63, 3.8) is 0 Å². The monoisotopic (exact) mass is 402 g/mol. The van der Waals surface area contributed by atoms with E-state index in [1.165, 1.54) is 8.61 Å². The summed E-state index contributed by atoms with van der Waals surface area (Å²) in [6.07, 6.45) is 2.45. The first kappa shape index (κ1) is 21.3. The molecule has 8 heteroatoms. The van der Waals surface area contributed by atoms with Crippen LogP contribution in [0, 0.1) is 0 Å². The highest BCUT2D eigenvalue weighted by Crippen LogP contribution is 2.23. The van der Waals surface area contributed by atoms with Gasteiger partial charge in [-0.15, -0.1) is 0 Å². The van der Waals surface area contributed by atoms with E-state index in [2.05, 4.69) is 13.8 Å². The van der Waals surface area contributed by atoms with Crippen LogP contribution in [0.5, 0.6) is 0 Å². The molecule has 1 aliphatic heterocycles. The van der Waals surface area contributed by atoms with Crippen LogP contribution in [0.4, 0.5) is 0 Å². The maximum Gasteiger partial charge on any atom is 0.243 e. The van der Waals surface area contributed by atoms with Gasteiger partial charge in [-0.3, -0.25) is 0 Å². The number of piperazine rings is 1. The van der Waals surface area contributed by atoms with E-state index in [0.717, 1.165) is 18.4 Å². The molecule has 1 saturated heterocycles. The molecular formula is C18H30N2O4S2. The van der Waals surface area contributed by atoms with Gasteiger partial charge >= 0.3 is 0 Å². The molecule has 6 nitrogen and oxygen atoms in total. The molecule has 0 bridgehead atoms. The Morgan fingerprint density at radius 1 is 0.923 bits per heavy atom. The average molecular weight is 403 g/mol. The molecule has 1 unspecified atom stereocenters. The summed E-state index contributed by atoms with van der Waals surface area (Å²) >= 11 is 0. The molecule has 2 rings (SSSR count). The van der Waals surface area contributed by atoms with Crippen molar-refractivity contribution >= 4 is 20.0 Å². The van der Waals surface area contributed by atoms with Gasteiger partial charge in [0.2, 0.25) is 20.0 Å². The third-order valence-corrected chi connectivity index (χ3v) is 8.92. The fourth-order valence-electron chi connectivity index (χ4n) is 3.00. The molecule has 1 aromatic rings. The van der Waals surface area contributed by atoms with Gasteiger partial charge in [-0.25, -0.2) is 16.8 Å². The number of hydrogen-bond acceptors (Lipinski definition) is 4. The van der Waals surface area contributed by atoms with Crippen LogP contribution in [0.3, 0.4) is 0 Å². The van der Waals surface area contributed by atoms with Crippen LogP contribution in [0.15, 0.2) is 29.2 Å². The van der Waals surface area contributed by atoms with Gasteiger partial charge in [-0.1, -0.05) is 39.3 Å². The largest absolute Gasteiger partial charge is 0.243 e. The summed E-state index contributed by atoms with van der Waals surface area (Å²) in [5.41, 5.74) is 1.12. The van der Waals surface area contributed by atoms with Crippen LogP contribution in [0.25, 0.3) is 0 Å². The zero-order valence-electron chi connectivity index (χ0n) is 15.9. The summed E-state index contributed by atoms with van der Waals surface area (Å²) in [7, 11) is -6.87. The number of unbranched alkanes of at least 4 members (excludes halogenated alkanes) is 1. The van der Waals surface area contributed by atoms with Gasteiger partial charge in [0, 0.05) is 26.2 Å². The van der Waals surface area contributed by atoms with Crippen molar-refractivity contribution in [1.29, 1.82) is 0 Å². The summed E-state index contributed by atoms with van der Waals surface area (Å²) in [6.45, 7) is 6.99. The second-order valence-corrected chi connectivity index (χ2v) is 10.9. The molecule has 0 radical (unpaired) electrons. The highest BCUT2D eigenvalue weighted by molar-refractivity contribution is 7.89. The maximum atomic E-state index is 12.8. The molecule has 1 atom stereocenters. The molecule has 0 saturated carbocycles. The Labute approximate surface area is 158 Å². The molecule has 26 heavy (non-hydrogen) atoms. The van der Waals surface area contributed by atoms with Gasteiger partial charge < -0.3 is 0 Å². The Morgan fingerprint density at radius 3 is 1.96 bits per heavy atom. The highest BCUT2D eigenvalue weighted by atomic mass is 32.2. The number of sulfonamides is 2. The SMILES string of the molecule is CCCCS(=O)(=O)N1CCN(S(=O)(=O)c2ccc(C(C)CC)cc2)CC1. The van der Waals surface area contributed by atoms with Crippen molar-refractivity contribution in [2.45, 2.75) is 50.8 Å². The van der Waals surface area contributed by atoms with Gasteiger partial charge in [0.05, 0.1) is 10.6 Å². The lowest BCUT2D eigenvalue weighted by Crippen LogP contribution is -2.50. The van der Waals surface area contributed by atoms with Gasteiger partial charge in [0.15, 0.2) is 0 Å². The number of benzene rings is 1. The third kappa shape index (κ3) is 4.85. The van der Waals surface area contributed by atoms with Crippen molar-refractivity contribution < 1.29 is 16.8 Å². The highest BCUT2D eigenvalue weighted by Gasteiger charge is 2.32. The van der Waals surface area contributed by atoms with Crippen LogP contribution in [-0.4, -0.2) is 57.4 Å². The van der Waals surface area contributed by atoms with E-state index in [9.17, 15) is 16.8 Å². The Balaban J connectivity index is 2.06. The van der Waals surface area contributed by atoms with E-state index in [0.29, 0.717) is 12.3 Å². The molecule has 0 aliphatic carbocycles. The van der Waals surface area contributed by atoms with Crippen LogP contribution < -0.4 is 0 Å². The smallest absolute Gasteiger partial charge is 0.212 e. The first-order valence-electron chi connectivity index (χ1n) is 9.30. The normalized spacial score (nSPS) is 18.7. The van der Waals surface area contributed by atoms with Gasteiger partial charge in [0.25, 0.3) is 0 Å². The van der Waals surface area contributed by atoms with Crippen LogP contribution in [0.1, 0.15) is 51.5 Å². The van der Waals surface area contributed by atoms with E-state index in [4.69, 9.17) is 0 Å². The summed E-state index contributed by atoms with van der Waals surface area (Å²) in [5, 5.41) is 0. The van der Waals surface area contributed by atoms with E-state index < -0.39 is 20.0 Å². The molecule has 0 amide bonds. The number of hydrogen-bond donors (Lipinski definition) is 0. The number of nitrogens with zero attached hydrogens (tertiary/aromatic N) is 2. The lowest BCUT2D eigenvalue weighted by Gasteiger charge is -2.33. The molecule has 0 spiro atoms. The minimum atomic E-state index is -3.59. The lowest BCUT2D eigenvalue weighted by molar-refractivity contribution is 0.272. The lowest BCUT2D eigenvalue weighted by atomic mass is 9.99. The zero-order chi connectivity index (χ0) is 19.4. The van der Waals surface area contributed by atoms with Gasteiger partial charge in [0.1, 0.15) is 0 Å². The molecule has 1 heterocycles. The van der Waals surface area contributed by atoms with E-state index >= 15 is 0 Å². The fourth-order valence-corrected chi connectivity index (χ4v) is 6.05. The van der Waals surface area contributed by atoms with E-state index in [1.54, 1.807) is 12.1 Å². The van der Waals surface area contributed by atoms with E-state index in [-0.39, 0.29) is 36.8 Å². The second-order valence-electron chi connectivity index (χ2n) is 6.85. The summed E-state index contributed by atoms with van der Waals surface area (Å²) in [6, 6.07) is 7.04. The molecule has 1 aliphatic rings. The molecule has 0 N–H and O–H groups in total. The zero-order valence-corrected chi connectivity index (χ0v) is 17.5. The van der Waals surface area contributed by atoms with Crippen LogP contribution in [-0.2, 0) is 20.0 Å². The van der Waals surface area contributed by atoms with E-state index in [1.807, 2.05) is 19.1 Å². The topological polar surface area (TPSA) is 74.8 Å². The van der Waals surface area contributed by atoms with Crippen molar-refractivity contribution in [1.82, 2.24) is 8.61 Å². The molecular weight excluding hydrogens is 372 g/mol. The fraction of sp³-hybridized carbons (Fsp3) is 0.667. The minimum absolute atomic E-state index is 0.132. The van der Waals surface area contributed by atoms with Gasteiger partial charge in [-0.05, 0) is 36.5 Å². The first-order valence-corrected chi connectivity index (χ1v) is 12.3. The maximum absolute atomic E-state index is 12.8. The van der Waals surface area contributed by atoms with Crippen molar-refractivity contribution in [3.8, 4) is 0 Å². The summed E-state index contributed by atoms with van der Waals surface area (Å²) in [4.78, 5) is 0.270. The summed E-state index contributed by atoms with van der Waals surface area (Å²) in [5.74, 6) is 0.525. The Morgan fingerprint density at radius 2 is 1.46 bits per heavy atom. The third-order valence-electron chi connectivity index (χ3n) is 5.05.